The topological polar surface area (TPSA) is 42.0 Å². The summed E-state index contributed by atoms with van der Waals surface area (Å²) in [6, 6.07) is 16.7. The summed E-state index contributed by atoms with van der Waals surface area (Å²) in [5.74, 6) is -0.581. The Morgan fingerprint density at radius 3 is 2.29 bits per heavy atom. The molecule has 1 aliphatic rings. The van der Waals surface area contributed by atoms with E-state index in [0.29, 0.717) is 0 Å². The van der Waals surface area contributed by atoms with Crippen LogP contribution in [0.25, 0.3) is 0 Å². The monoisotopic (exact) mass is 470 g/mol. The molecule has 1 heterocycles. The Hall–Kier alpha value is -3.22. The van der Waals surface area contributed by atoms with Crippen LogP contribution in [0.2, 0.25) is 0 Å². The molecule has 0 saturated heterocycles. The van der Waals surface area contributed by atoms with Crippen LogP contribution >= 0.6 is 0 Å². The number of amides is 1. The third-order valence-corrected chi connectivity index (χ3v) is 6.46. The van der Waals surface area contributed by atoms with E-state index in [2.05, 4.69) is 10.3 Å². The molecule has 1 atom stereocenters. The molecule has 1 amide bonds. The van der Waals surface area contributed by atoms with Gasteiger partial charge in [0.05, 0.1) is 17.5 Å². The zero-order valence-corrected chi connectivity index (χ0v) is 18.6. The van der Waals surface area contributed by atoms with Crippen molar-refractivity contribution in [2.24, 2.45) is 5.92 Å². The molecule has 1 N–H and O–H groups in total. The van der Waals surface area contributed by atoms with Gasteiger partial charge in [-0.25, -0.2) is 4.39 Å². The fourth-order valence-electron chi connectivity index (χ4n) is 4.78. The minimum Gasteiger partial charge on any atom is -0.341 e. The first-order chi connectivity index (χ1) is 16.3. The molecule has 4 rings (SSSR count). The molecule has 34 heavy (non-hydrogen) atoms. The summed E-state index contributed by atoms with van der Waals surface area (Å²) in [6.45, 7) is 0. The van der Waals surface area contributed by atoms with Gasteiger partial charge in [0, 0.05) is 12.8 Å². The Balaban J connectivity index is 1.85. The molecule has 1 saturated carbocycles. The number of carbonyl (C=O) groups excluding carboxylic acids is 1. The number of halogens is 4. The zero-order valence-electron chi connectivity index (χ0n) is 18.6. The molecule has 0 bridgehead atoms. The first kappa shape index (κ1) is 23.9. The average molecular weight is 471 g/mol. The van der Waals surface area contributed by atoms with Gasteiger partial charge in [-0.2, -0.15) is 13.2 Å². The van der Waals surface area contributed by atoms with Gasteiger partial charge in [0.25, 0.3) is 0 Å². The number of nitrogens with one attached hydrogen (secondary N) is 1. The first-order valence-corrected chi connectivity index (χ1v) is 11.4. The van der Waals surface area contributed by atoms with Gasteiger partial charge in [-0.1, -0.05) is 55.3 Å². The predicted octanol–water partition coefficient (Wildman–Crippen LogP) is 6.42. The highest BCUT2D eigenvalue weighted by Crippen LogP contribution is 2.37. The standard InChI is InChI=1S/C27H26F4N2O/c28-23-13-14-24(32-18-23)26(17-20-9-2-1-3-10-20,33-25(34)15-19-7-4-5-8-19)21-11-6-12-22(16-21)27(29,30)31/h1-3,6,9-14,16,18-19H,4-5,7-8,15,17H2,(H,33,34). The van der Waals surface area contributed by atoms with E-state index >= 15 is 0 Å². The molecule has 178 valence electrons. The van der Waals surface area contributed by atoms with E-state index in [0.717, 1.165) is 49.6 Å². The molecule has 1 aromatic heterocycles. The van der Waals surface area contributed by atoms with E-state index in [-0.39, 0.29) is 35.9 Å². The quantitative estimate of drug-likeness (QED) is 0.405. The second-order valence-electron chi connectivity index (χ2n) is 8.91. The van der Waals surface area contributed by atoms with Gasteiger partial charge in [0.1, 0.15) is 11.4 Å². The SMILES string of the molecule is O=C(CC1CCCC1)NC(Cc1ccccc1)(c1cccc(C(F)(F)F)c1)c1ccc(F)cn1. The molecule has 7 heteroatoms. The Morgan fingerprint density at radius 1 is 0.941 bits per heavy atom. The molecular formula is C27H26F4N2O. The minimum absolute atomic E-state index is 0.157. The van der Waals surface area contributed by atoms with E-state index in [1.807, 2.05) is 30.3 Å². The zero-order chi connectivity index (χ0) is 24.2. The van der Waals surface area contributed by atoms with Crippen molar-refractivity contribution in [2.45, 2.75) is 50.2 Å². The van der Waals surface area contributed by atoms with E-state index in [9.17, 15) is 22.4 Å². The van der Waals surface area contributed by atoms with E-state index < -0.39 is 23.1 Å². The lowest BCUT2D eigenvalue weighted by atomic mass is 9.79. The lowest BCUT2D eigenvalue weighted by molar-refractivity contribution is -0.137. The number of alkyl halides is 3. The molecule has 0 spiro atoms. The molecule has 3 aromatic rings. The molecule has 1 aliphatic carbocycles. The van der Waals surface area contributed by atoms with Gasteiger partial charge in [-0.15, -0.1) is 0 Å². The van der Waals surface area contributed by atoms with Crippen molar-refractivity contribution >= 4 is 5.91 Å². The fourth-order valence-corrected chi connectivity index (χ4v) is 4.78. The number of hydrogen-bond acceptors (Lipinski definition) is 2. The van der Waals surface area contributed by atoms with E-state index in [4.69, 9.17) is 0 Å². The molecule has 2 aromatic carbocycles. The highest BCUT2D eigenvalue weighted by atomic mass is 19.4. The number of aromatic nitrogens is 1. The highest BCUT2D eigenvalue weighted by molar-refractivity contribution is 5.78. The van der Waals surface area contributed by atoms with Crippen LogP contribution in [0.3, 0.4) is 0 Å². The highest BCUT2D eigenvalue weighted by Gasteiger charge is 2.40. The fraction of sp³-hybridized carbons (Fsp3) is 0.333. The van der Waals surface area contributed by atoms with Crippen molar-refractivity contribution in [1.82, 2.24) is 10.3 Å². The van der Waals surface area contributed by atoms with Crippen LogP contribution in [0.15, 0.2) is 72.9 Å². The number of pyridine rings is 1. The van der Waals surface area contributed by atoms with Crippen molar-refractivity contribution < 1.29 is 22.4 Å². The summed E-state index contributed by atoms with van der Waals surface area (Å²) in [7, 11) is 0. The summed E-state index contributed by atoms with van der Waals surface area (Å²) >= 11 is 0. The molecule has 1 unspecified atom stereocenters. The lowest BCUT2D eigenvalue weighted by Gasteiger charge is -2.36. The summed E-state index contributed by atoms with van der Waals surface area (Å²) in [6.07, 6.45) is 0.959. The smallest absolute Gasteiger partial charge is 0.341 e. The second kappa shape index (κ2) is 9.95. The number of nitrogens with zero attached hydrogens (tertiary/aromatic N) is 1. The van der Waals surface area contributed by atoms with Crippen LogP contribution in [-0.4, -0.2) is 10.9 Å². The van der Waals surface area contributed by atoms with Gasteiger partial charge in [0.15, 0.2) is 0 Å². The van der Waals surface area contributed by atoms with Crippen LogP contribution in [0.1, 0.15) is 54.5 Å². The summed E-state index contributed by atoms with van der Waals surface area (Å²) in [5.41, 5.74) is -0.921. The summed E-state index contributed by atoms with van der Waals surface area (Å²) < 4.78 is 54.6. The average Bonchev–Trinajstić information content (AvgIpc) is 3.32. The molecular weight excluding hydrogens is 444 g/mol. The number of carbonyl (C=O) groups is 1. The van der Waals surface area contributed by atoms with Crippen LogP contribution in [0.4, 0.5) is 17.6 Å². The van der Waals surface area contributed by atoms with Crippen LogP contribution in [-0.2, 0) is 22.9 Å². The first-order valence-electron chi connectivity index (χ1n) is 11.4. The van der Waals surface area contributed by atoms with Crippen LogP contribution in [0.5, 0.6) is 0 Å². The molecule has 0 aliphatic heterocycles. The molecule has 0 radical (unpaired) electrons. The minimum atomic E-state index is -4.56. The van der Waals surface area contributed by atoms with Crippen molar-refractivity contribution in [3.63, 3.8) is 0 Å². The Morgan fingerprint density at radius 2 is 1.65 bits per heavy atom. The maximum Gasteiger partial charge on any atom is 0.416 e. The second-order valence-corrected chi connectivity index (χ2v) is 8.91. The van der Waals surface area contributed by atoms with Crippen molar-refractivity contribution in [3.8, 4) is 0 Å². The third-order valence-electron chi connectivity index (χ3n) is 6.46. The van der Waals surface area contributed by atoms with E-state index in [1.54, 1.807) is 6.07 Å². The van der Waals surface area contributed by atoms with Gasteiger partial charge < -0.3 is 5.32 Å². The van der Waals surface area contributed by atoms with Crippen molar-refractivity contribution in [3.05, 3.63) is 101 Å². The molecule has 1 fully saturated rings. The number of rotatable bonds is 7. The number of benzene rings is 2. The Labute approximate surface area is 196 Å². The van der Waals surface area contributed by atoms with E-state index in [1.165, 1.54) is 18.2 Å². The summed E-state index contributed by atoms with van der Waals surface area (Å²) in [4.78, 5) is 17.5. The van der Waals surface area contributed by atoms with Crippen molar-refractivity contribution in [2.75, 3.05) is 0 Å². The van der Waals surface area contributed by atoms with Gasteiger partial charge in [-0.3, -0.25) is 9.78 Å². The van der Waals surface area contributed by atoms with Gasteiger partial charge >= 0.3 is 6.18 Å². The van der Waals surface area contributed by atoms with Crippen LogP contribution in [0, 0.1) is 11.7 Å². The Kier molecular flexibility index (Phi) is 7.00. The normalized spacial score (nSPS) is 16.2. The largest absolute Gasteiger partial charge is 0.416 e. The summed E-state index contributed by atoms with van der Waals surface area (Å²) in [5, 5.41) is 3.05. The Bertz CT molecular complexity index is 1110. The third kappa shape index (κ3) is 5.46. The van der Waals surface area contributed by atoms with Crippen molar-refractivity contribution in [1.29, 1.82) is 0 Å². The van der Waals surface area contributed by atoms with Crippen LogP contribution < -0.4 is 5.32 Å². The molecule has 3 nitrogen and oxygen atoms in total. The van der Waals surface area contributed by atoms with Gasteiger partial charge in [0.2, 0.25) is 5.91 Å². The predicted molar refractivity (Wildman–Crippen MR) is 121 cm³/mol. The number of hydrogen-bond donors (Lipinski definition) is 1. The lowest BCUT2D eigenvalue weighted by Crippen LogP contribution is -2.49. The maximum absolute atomic E-state index is 13.8. The maximum atomic E-state index is 13.8. The van der Waals surface area contributed by atoms with Gasteiger partial charge in [-0.05, 0) is 54.2 Å².